The highest BCUT2D eigenvalue weighted by atomic mass is 16.5. The first kappa shape index (κ1) is 23.8. The monoisotopic (exact) mass is 444 g/mol. The minimum Gasteiger partial charge on any atom is -0.497 e. The van der Waals surface area contributed by atoms with Gasteiger partial charge in [-0.25, -0.2) is 0 Å². The molecule has 0 saturated carbocycles. The molecular formula is C28H28O5. The summed E-state index contributed by atoms with van der Waals surface area (Å²) in [5.74, 6) is 1.10. The van der Waals surface area contributed by atoms with Crippen molar-refractivity contribution in [2.75, 3.05) is 14.2 Å². The van der Waals surface area contributed by atoms with Crippen LogP contribution in [-0.4, -0.2) is 31.1 Å². The molecule has 0 aromatic heterocycles. The number of hydrogen-bond acceptors (Lipinski definition) is 4. The van der Waals surface area contributed by atoms with E-state index in [-0.39, 0.29) is 12.2 Å². The number of methoxy groups -OCH3 is 2. The predicted molar refractivity (Wildman–Crippen MR) is 131 cm³/mol. The molecule has 0 radical (unpaired) electrons. The number of carbonyl (C=O) groups is 2. The number of ketones is 1. The summed E-state index contributed by atoms with van der Waals surface area (Å²) < 4.78 is 10.3. The number of rotatable bonds is 7. The normalized spacial score (nSPS) is 10.4. The van der Waals surface area contributed by atoms with Gasteiger partial charge < -0.3 is 19.4 Å². The predicted octanol–water partition coefficient (Wildman–Crippen LogP) is 5.85. The van der Waals surface area contributed by atoms with Crippen molar-refractivity contribution in [2.24, 2.45) is 0 Å². The maximum Gasteiger partial charge on any atom is 0.307 e. The summed E-state index contributed by atoms with van der Waals surface area (Å²) in [5.41, 5.74) is 2.02. The second kappa shape index (κ2) is 11.1. The Morgan fingerprint density at radius 1 is 0.697 bits per heavy atom. The van der Waals surface area contributed by atoms with Crippen molar-refractivity contribution in [3.63, 3.8) is 0 Å². The van der Waals surface area contributed by atoms with Crippen LogP contribution in [0.1, 0.15) is 24.5 Å². The summed E-state index contributed by atoms with van der Waals surface area (Å²) >= 11 is 0. The molecule has 0 bridgehead atoms. The number of aliphatic carboxylic acids is 1. The molecule has 0 aliphatic rings. The number of Topliss-reactive ketones (excluding diaryl/α,β-unsaturated/α-hetero) is 1. The van der Waals surface area contributed by atoms with Crippen molar-refractivity contribution in [1.29, 1.82) is 0 Å². The zero-order chi connectivity index (χ0) is 23.8. The van der Waals surface area contributed by atoms with Crippen molar-refractivity contribution in [3.05, 3.63) is 83.9 Å². The highest BCUT2D eigenvalue weighted by Crippen LogP contribution is 2.23. The average Bonchev–Trinajstić information content (AvgIpc) is 2.82. The molecule has 0 heterocycles. The minimum atomic E-state index is -0.812. The molecule has 1 N–H and O–H groups in total. The maximum atomic E-state index is 10.9. The van der Waals surface area contributed by atoms with Gasteiger partial charge in [0.05, 0.1) is 20.6 Å². The summed E-state index contributed by atoms with van der Waals surface area (Å²) in [6.07, 6.45) is 1.49. The SMILES string of the molecule is COc1ccc2cc(CC(=O)O)ccc2c1.COc1ccc2cc(CCC(C)=O)ccc2c1. The maximum absolute atomic E-state index is 10.9. The number of ether oxygens (including phenoxy) is 2. The van der Waals surface area contributed by atoms with Crippen molar-refractivity contribution >= 4 is 33.3 Å². The van der Waals surface area contributed by atoms with Crippen LogP contribution in [0, 0.1) is 0 Å². The standard InChI is InChI=1S/C15H16O2.C13H12O3/c1-11(16)3-4-12-5-6-14-10-15(17-2)8-7-13(14)9-12;1-16-12-5-4-10-6-9(7-13(14)15)2-3-11(10)8-12/h5-10H,3-4H2,1-2H3;2-6,8H,7H2,1H3,(H,14,15). The molecule has 4 rings (SSSR count). The van der Waals surface area contributed by atoms with Gasteiger partial charge in [-0.1, -0.05) is 48.5 Å². The Bertz CT molecular complexity index is 1280. The number of benzene rings is 4. The first-order valence-corrected chi connectivity index (χ1v) is 10.7. The summed E-state index contributed by atoms with van der Waals surface area (Å²) in [6, 6.07) is 23.7. The molecule has 4 aromatic rings. The van der Waals surface area contributed by atoms with E-state index in [4.69, 9.17) is 14.6 Å². The number of carboxylic acid groups (broad SMARTS) is 1. The highest BCUT2D eigenvalue weighted by molar-refractivity contribution is 5.86. The van der Waals surface area contributed by atoms with E-state index in [1.54, 1.807) is 21.1 Å². The van der Waals surface area contributed by atoms with Gasteiger partial charge in [-0.15, -0.1) is 0 Å². The van der Waals surface area contributed by atoms with Crippen molar-refractivity contribution in [3.8, 4) is 11.5 Å². The summed E-state index contributed by atoms with van der Waals surface area (Å²) in [7, 11) is 3.29. The Morgan fingerprint density at radius 2 is 1.15 bits per heavy atom. The van der Waals surface area contributed by atoms with Gasteiger partial charge in [0.1, 0.15) is 17.3 Å². The fourth-order valence-electron chi connectivity index (χ4n) is 3.56. The average molecular weight is 445 g/mol. The molecule has 0 amide bonds. The van der Waals surface area contributed by atoms with Crippen LogP contribution >= 0.6 is 0 Å². The van der Waals surface area contributed by atoms with Crippen molar-refractivity contribution in [2.45, 2.75) is 26.2 Å². The van der Waals surface area contributed by atoms with Crippen LogP contribution in [-0.2, 0) is 22.4 Å². The van der Waals surface area contributed by atoms with E-state index in [1.165, 1.54) is 10.9 Å². The molecule has 0 aliphatic heterocycles. The molecule has 0 aliphatic carbocycles. The van der Waals surface area contributed by atoms with E-state index in [0.29, 0.717) is 6.42 Å². The van der Waals surface area contributed by atoms with Gasteiger partial charge in [-0.2, -0.15) is 0 Å². The van der Waals surface area contributed by atoms with Gasteiger partial charge >= 0.3 is 5.97 Å². The number of carbonyl (C=O) groups excluding carboxylic acids is 1. The van der Waals surface area contributed by atoms with Gasteiger partial charge in [0, 0.05) is 6.42 Å². The molecule has 0 saturated heterocycles. The van der Waals surface area contributed by atoms with Gasteiger partial charge in [-0.3, -0.25) is 4.79 Å². The van der Waals surface area contributed by atoms with Gasteiger partial charge in [-0.05, 0) is 70.3 Å². The van der Waals surface area contributed by atoms with Gasteiger partial charge in [0.15, 0.2) is 0 Å². The van der Waals surface area contributed by atoms with Crippen LogP contribution in [0.15, 0.2) is 72.8 Å². The summed E-state index contributed by atoms with van der Waals surface area (Å²) in [4.78, 5) is 21.5. The summed E-state index contributed by atoms with van der Waals surface area (Å²) in [6.45, 7) is 1.63. The molecule has 33 heavy (non-hydrogen) atoms. The number of carboxylic acids is 1. The molecule has 4 aromatic carbocycles. The largest absolute Gasteiger partial charge is 0.497 e. The quantitative estimate of drug-likeness (QED) is 0.387. The highest BCUT2D eigenvalue weighted by Gasteiger charge is 2.03. The molecular weight excluding hydrogens is 416 g/mol. The summed E-state index contributed by atoms with van der Waals surface area (Å²) in [5, 5.41) is 13.1. The van der Waals surface area contributed by atoms with E-state index in [1.807, 2.05) is 54.6 Å². The molecule has 0 spiro atoms. The van der Waals surface area contributed by atoms with E-state index < -0.39 is 5.97 Å². The molecule has 0 fully saturated rings. The molecule has 0 unspecified atom stereocenters. The Balaban J connectivity index is 0.000000186. The van der Waals surface area contributed by atoms with E-state index >= 15 is 0 Å². The minimum absolute atomic E-state index is 0.0575. The van der Waals surface area contributed by atoms with Crippen LogP contribution in [0.4, 0.5) is 0 Å². The Hall–Kier alpha value is -3.86. The van der Waals surface area contributed by atoms with Crippen LogP contribution in [0.3, 0.4) is 0 Å². The number of hydrogen-bond donors (Lipinski definition) is 1. The molecule has 5 heteroatoms. The van der Waals surface area contributed by atoms with E-state index in [0.717, 1.165) is 39.6 Å². The lowest BCUT2D eigenvalue weighted by Crippen LogP contribution is -1.99. The molecule has 0 atom stereocenters. The molecule has 170 valence electrons. The Labute approximate surface area is 193 Å². The smallest absolute Gasteiger partial charge is 0.307 e. The Morgan fingerprint density at radius 3 is 1.64 bits per heavy atom. The van der Waals surface area contributed by atoms with Crippen molar-refractivity contribution < 1.29 is 24.2 Å². The number of fused-ring (bicyclic) bond motifs is 2. The zero-order valence-electron chi connectivity index (χ0n) is 19.1. The van der Waals surface area contributed by atoms with Gasteiger partial charge in [0.25, 0.3) is 0 Å². The lowest BCUT2D eigenvalue weighted by atomic mass is 10.0. The van der Waals surface area contributed by atoms with Crippen LogP contribution < -0.4 is 9.47 Å². The Kier molecular flexibility index (Phi) is 8.03. The van der Waals surface area contributed by atoms with Crippen LogP contribution in [0.2, 0.25) is 0 Å². The fourth-order valence-corrected chi connectivity index (χ4v) is 3.56. The third-order valence-electron chi connectivity index (χ3n) is 5.34. The number of aryl methyl sites for hydroxylation is 1. The molecule has 5 nitrogen and oxygen atoms in total. The fraction of sp³-hybridized carbons (Fsp3) is 0.214. The second-order valence-electron chi connectivity index (χ2n) is 7.87. The van der Waals surface area contributed by atoms with Gasteiger partial charge in [0.2, 0.25) is 0 Å². The topological polar surface area (TPSA) is 72.8 Å². The van der Waals surface area contributed by atoms with E-state index in [2.05, 4.69) is 18.2 Å². The first-order valence-electron chi connectivity index (χ1n) is 10.7. The second-order valence-corrected chi connectivity index (χ2v) is 7.87. The van der Waals surface area contributed by atoms with Crippen LogP contribution in [0.25, 0.3) is 21.5 Å². The van der Waals surface area contributed by atoms with Crippen LogP contribution in [0.5, 0.6) is 11.5 Å². The third-order valence-corrected chi connectivity index (χ3v) is 5.34. The first-order chi connectivity index (χ1) is 15.9. The van der Waals surface area contributed by atoms with E-state index in [9.17, 15) is 9.59 Å². The zero-order valence-corrected chi connectivity index (χ0v) is 19.1. The van der Waals surface area contributed by atoms with Crippen molar-refractivity contribution in [1.82, 2.24) is 0 Å². The lowest BCUT2D eigenvalue weighted by Gasteiger charge is -2.05. The third kappa shape index (κ3) is 6.81. The lowest BCUT2D eigenvalue weighted by molar-refractivity contribution is -0.136.